The number of Topliss-reactive ketones (excluding diaryl/α,β-unsaturated/α-hetero) is 1. The first-order valence-corrected chi connectivity index (χ1v) is 7.14. The molecule has 3 heteroatoms. The average Bonchev–Trinajstić information content (AvgIpc) is 2.75. The van der Waals surface area contributed by atoms with E-state index in [1.165, 1.54) is 5.56 Å². The van der Waals surface area contributed by atoms with Crippen molar-refractivity contribution in [3.8, 4) is 0 Å². The molecule has 0 saturated heterocycles. The molecular weight excluding hydrogens is 248 g/mol. The van der Waals surface area contributed by atoms with Crippen molar-refractivity contribution in [2.45, 2.75) is 47.1 Å². The Morgan fingerprint density at radius 3 is 2.45 bits per heavy atom. The normalized spacial score (nSPS) is 10.8. The van der Waals surface area contributed by atoms with Gasteiger partial charge in [0, 0.05) is 24.5 Å². The largest absolute Gasteiger partial charge is 0.335 e. The van der Waals surface area contributed by atoms with Crippen LogP contribution in [0, 0.1) is 20.8 Å². The van der Waals surface area contributed by atoms with E-state index >= 15 is 0 Å². The van der Waals surface area contributed by atoms with Gasteiger partial charge in [0.2, 0.25) is 0 Å². The van der Waals surface area contributed by atoms with Gasteiger partial charge in [0.15, 0.2) is 5.78 Å². The van der Waals surface area contributed by atoms with Gasteiger partial charge < -0.3 is 4.57 Å². The Balaban J connectivity index is 2.26. The first-order chi connectivity index (χ1) is 9.52. The number of nitrogens with zero attached hydrogens (tertiary/aromatic N) is 2. The second kappa shape index (κ2) is 6.04. The smallest absolute Gasteiger partial charge is 0.170 e. The minimum absolute atomic E-state index is 0.156. The summed E-state index contributed by atoms with van der Waals surface area (Å²) in [4.78, 5) is 16.9. The number of imidazole rings is 1. The molecule has 0 fully saturated rings. The molecule has 1 aromatic carbocycles. The van der Waals surface area contributed by atoms with Crippen LogP contribution in [0.3, 0.4) is 0 Å². The van der Waals surface area contributed by atoms with Gasteiger partial charge in [-0.05, 0) is 38.3 Å². The summed E-state index contributed by atoms with van der Waals surface area (Å²) >= 11 is 0. The number of rotatable bonds is 5. The van der Waals surface area contributed by atoms with Crippen LogP contribution in [0.4, 0.5) is 0 Å². The van der Waals surface area contributed by atoms with Crippen LogP contribution in [0.15, 0.2) is 24.5 Å². The number of benzene rings is 1. The van der Waals surface area contributed by atoms with E-state index < -0.39 is 0 Å². The van der Waals surface area contributed by atoms with E-state index in [1.807, 2.05) is 20.0 Å². The van der Waals surface area contributed by atoms with Crippen LogP contribution in [-0.2, 0) is 13.0 Å². The van der Waals surface area contributed by atoms with Crippen molar-refractivity contribution in [2.24, 2.45) is 0 Å². The molecule has 2 aromatic rings. The molecule has 2 rings (SSSR count). The molecule has 0 bridgehead atoms. The summed E-state index contributed by atoms with van der Waals surface area (Å²) in [6.45, 7) is 9.11. The fourth-order valence-corrected chi connectivity index (χ4v) is 2.80. The number of carbonyl (C=O) groups excluding carboxylic acids is 1. The summed E-state index contributed by atoms with van der Waals surface area (Å²) in [7, 11) is 0. The average molecular weight is 270 g/mol. The third-order valence-corrected chi connectivity index (χ3v) is 3.54. The highest BCUT2D eigenvalue weighted by molar-refractivity contribution is 5.99. The molecule has 1 aromatic heterocycles. The van der Waals surface area contributed by atoms with Crippen molar-refractivity contribution in [3.05, 3.63) is 52.6 Å². The topological polar surface area (TPSA) is 34.9 Å². The maximum atomic E-state index is 12.6. The standard InChI is InChI=1S/C17H22N2O/c1-5-7-19-8-6-18-16(19)11-15(20)17-13(3)9-12(2)10-14(17)4/h6,8-10H,5,7,11H2,1-4H3. The van der Waals surface area contributed by atoms with E-state index in [9.17, 15) is 4.79 Å². The predicted octanol–water partition coefficient (Wildman–Crippen LogP) is 3.64. The Morgan fingerprint density at radius 2 is 1.85 bits per heavy atom. The second-order valence-corrected chi connectivity index (χ2v) is 5.41. The number of carbonyl (C=O) groups is 1. The highest BCUT2D eigenvalue weighted by Gasteiger charge is 2.15. The van der Waals surface area contributed by atoms with Gasteiger partial charge in [0.25, 0.3) is 0 Å². The molecule has 20 heavy (non-hydrogen) atoms. The highest BCUT2D eigenvalue weighted by atomic mass is 16.1. The molecule has 1 heterocycles. The number of ketones is 1. The Kier molecular flexibility index (Phi) is 4.38. The van der Waals surface area contributed by atoms with Crippen LogP contribution >= 0.6 is 0 Å². The van der Waals surface area contributed by atoms with Gasteiger partial charge >= 0.3 is 0 Å². The van der Waals surface area contributed by atoms with Crippen molar-refractivity contribution in [2.75, 3.05) is 0 Å². The lowest BCUT2D eigenvalue weighted by atomic mass is 9.95. The Labute approximate surface area is 120 Å². The van der Waals surface area contributed by atoms with Crippen LogP contribution in [-0.4, -0.2) is 15.3 Å². The molecule has 0 amide bonds. The van der Waals surface area contributed by atoms with Crippen molar-refractivity contribution in [1.82, 2.24) is 9.55 Å². The van der Waals surface area contributed by atoms with Crippen LogP contribution < -0.4 is 0 Å². The second-order valence-electron chi connectivity index (χ2n) is 5.41. The molecule has 106 valence electrons. The van der Waals surface area contributed by atoms with Crippen molar-refractivity contribution >= 4 is 5.78 Å². The SMILES string of the molecule is CCCn1ccnc1CC(=O)c1c(C)cc(C)cc1C. The van der Waals surface area contributed by atoms with Crippen molar-refractivity contribution < 1.29 is 4.79 Å². The molecule has 0 aliphatic rings. The number of hydrogen-bond acceptors (Lipinski definition) is 2. The zero-order valence-corrected chi connectivity index (χ0v) is 12.7. The molecule has 0 atom stereocenters. The maximum Gasteiger partial charge on any atom is 0.170 e. The summed E-state index contributed by atoms with van der Waals surface area (Å²) in [6, 6.07) is 4.14. The summed E-state index contributed by atoms with van der Waals surface area (Å²) in [5.74, 6) is 1.01. The van der Waals surface area contributed by atoms with Gasteiger partial charge in [-0.25, -0.2) is 4.98 Å². The molecule has 0 radical (unpaired) electrons. The zero-order chi connectivity index (χ0) is 14.7. The predicted molar refractivity (Wildman–Crippen MR) is 81.2 cm³/mol. The van der Waals surface area contributed by atoms with E-state index in [0.29, 0.717) is 6.42 Å². The van der Waals surface area contributed by atoms with Crippen molar-refractivity contribution in [1.29, 1.82) is 0 Å². The summed E-state index contributed by atoms with van der Waals surface area (Å²) in [5.41, 5.74) is 4.16. The molecule has 0 aliphatic heterocycles. The zero-order valence-electron chi connectivity index (χ0n) is 12.7. The lowest BCUT2D eigenvalue weighted by molar-refractivity contribution is 0.0988. The monoisotopic (exact) mass is 270 g/mol. The number of aryl methyl sites for hydroxylation is 4. The minimum Gasteiger partial charge on any atom is -0.335 e. The summed E-state index contributed by atoms with van der Waals surface area (Å²) < 4.78 is 2.07. The summed E-state index contributed by atoms with van der Waals surface area (Å²) in [6.07, 6.45) is 5.13. The minimum atomic E-state index is 0.156. The molecule has 0 spiro atoms. The van der Waals surface area contributed by atoms with Crippen LogP contribution in [0.1, 0.15) is 46.2 Å². The fourth-order valence-electron chi connectivity index (χ4n) is 2.80. The molecule has 0 aliphatic carbocycles. The maximum absolute atomic E-state index is 12.6. The van der Waals surface area contributed by atoms with Gasteiger partial charge in [-0.1, -0.05) is 24.6 Å². The number of hydrogen-bond donors (Lipinski definition) is 0. The van der Waals surface area contributed by atoms with Crippen LogP contribution in [0.2, 0.25) is 0 Å². The van der Waals surface area contributed by atoms with E-state index in [1.54, 1.807) is 6.20 Å². The highest BCUT2D eigenvalue weighted by Crippen LogP contribution is 2.18. The molecule has 0 N–H and O–H groups in total. The fraction of sp³-hybridized carbons (Fsp3) is 0.412. The summed E-state index contributed by atoms with van der Waals surface area (Å²) in [5, 5.41) is 0. The van der Waals surface area contributed by atoms with Gasteiger partial charge in [0.1, 0.15) is 5.82 Å². The first-order valence-electron chi connectivity index (χ1n) is 7.14. The lowest BCUT2D eigenvalue weighted by Gasteiger charge is -2.11. The quantitative estimate of drug-likeness (QED) is 0.777. The Hall–Kier alpha value is -1.90. The van der Waals surface area contributed by atoms with E-state index in [0.717, 1.165) is 35.5 Å². The van der Waals surface area contributed by atoms with Gasteiger partial charge in [-0.15, -0.1) is 0 Å². The Bertz CT molecular complexity index is 603. The third kappa shape index (κ3) is 2.98. The molecule has 0 unspecified atom stereocenters. The molecule has 0 saturated carbocycles. The van der Waals surface area contributed by atoms with Gasteiger partial charge in [0.05, 0.1) is 6.42 Å². The molecule has 3 nitrogen and oxygen atoms in total. The number of aromatic nitrogens is 2. The molecular formula is C17H22N2O. The van der Waals surface area contributed by atoms with Gasteiger partial charge in [-0.2, -0.15) is 0 Å². The lowest BCUT2D eigenvalue weighted by Crippen LogP contribution is -2.12. The van der Waals surface area contributed by atoms with E-state index in [4.69, 9.17) is 0 Å². The van der Waals surface area contributed by atoms with Crippen LogP contribution in [0.5, 0.6) is 0 Å². The van der Waals surface area contributed by atoms with Crippen molar-refractivity contribution in [3.63, 3.8) is 0 Å². The third-order valence-electron chi connectivity index (χ3n) is 3.54. The van der Waals surface area contributed by atoms with Gasteiger partial charge in [-0.3, -0.25) is 4.79 Å². The van der Waals surface area contributed by atoms with E-state index in [-0.39, 0.29) is 5.78 Å². The van der Waals surface area contributed by atoms with E-state index in [2.05, 4.69) is 35.5 Å². The first kappa shape index (κ1) is 14.5. The Morgan fingerprint density at radius 1 is 1.20 bits per heavy atom. The van der Waals surface area contributed by atoms with Crippen LogP contribution in [0.25, 0.3) is 0 Å².